The fraction of sp³-hybridized carbons (Fsp3) is 0.500. The first-order valence-corrected chi connectivity index (χ1v) is 11.0. The molecule has 0 amide bonds. The van der Waals surface area contributed by atoms with Crippen molar-refractivity contribution >= 4 is 12.6 Å². The second-order valence-corrected chi connectivity index (χ2v) is 6.60. The molecule has 2 nitrogen and oxygen atoms in total. The highest BCUT2D eigenvalue weighted by atomic mass is 32.1. The number of aliphatic hydroxyl groups excluding tert-OH is 1. The summed E-state index contributed by atoms with van der Waals surface area (Å²) in [7, 11) is 0. The summed E-state index contributed by atoms with van der Waals surface area (Å²) in [5.41, 5.74) is 0.844. The highest BCUT2D eigenvalue weighted by Gasteiger charge is 2.28. The maximum absolute atomic E-state index is 13.3. The van der Waals surface area contributed by atoms with E-state index < -0.39 is 11.6 Å². The van der Waals surface area contributed by atoms with Crippen molar-refractivity contribution in [2.45, 2.75) is 58.9 Å². The fourth-order valence-electron chi connectivity index (χ4n) is 2.84. The monoisotopic (exact) mass is 427 g/mol. The van der Waals surface area contributed by atoms with Crippen LogP contribution >= 0.6 is 12.6 Å². The van der Waals surface area contributed by atoms with E-state index in [1.54, 1.807) is 25.3 Å². The normalized spacial score (nSPS) is 19.2. The third kappa shape index (κ3) is 11.9. The molecule has 0 spiro atoms. The number of hydrogen-bond donors (Lipinski definition) is 3. The lowest BCUT2D eigenvalue weighted by Crippen LogP contribution is -2.27. The van der Waals surface area contributed by atoms with Crippen molar-refractivity contribution in [2.24, 2.45) is 5.92 Å². The van der Waals surface area contributed by atoms with Gasteiger partial charge in [-0.2, -0.15) is 12.6 Å². The zero-order valence-corrected chi connectivity index (χ0v) is 19.5. The van der Waals surface area contributed by atoms with Gasteiger partial charge in [-0.05, 0) is 55.2 Å². The van der Waals surface area contributed by atoms with Gasteiger partial charge in [0.1, 0.15) is 0 Å². The summed E-state index contributed by atoms with van der Waals surface area (Å²) in [6, 6.07) is 4.47. The van der Waals surface area contributed by atoms with Crippen LogP contribution in [0.15, 0.2) is 55.3 Å². The van der Waals surface area contributed by atoms with Gasteiger partial charge < -0.3 is 10.4 Å². The van der Waals surface area contributed by atoms with Crippen LogP contribution in [-0.2, 0) is 0 Å². The molecular formula is C24H39F2NOS. The maximum Gasteiger partial charge on any atom is 0.159 e. The molecular weight excluding hydrogens is 388 g/mol. The predicted molar refractivity (Wildman–Crippen MR) is 127 cm³/mol. The van der Waals surface area contributed by atoms with Crippen molar-refractivity contribution in [1.82, 2.24) is 5.32 Å². The number of benzene rings is 1. The van der Waals surface area contributed by atoms with Crippen LogP contribution in [0.5, 0.6) is 0 Å². The quantitative estimate of drug-likeness (QED) is 0.263. The van der Waals surface area contributed by atoms with E-state index in [1.807, 2.05) is 6.08 Å². The maximum atomic E-state index is 13.3. The van der Waals surface area contributed by atoms with Gasteiger partial charge >= 0.3 is 0 Å². The van der Waals surface area contributed by atoms with Crippen molar-refractivity contribution in [3.8, 4) is 0 Å². The average Bonchev–Trinajstić information content (AvgIpc) is 3.24. The molecule has 1 fully saturated rings. The van der Waals surface area contributed by atoms with Crippen LogP contribution in [0.2, 0.25) is 0 Å². The molecule has 1 aliphatic heterocycles. The molecule has 3 unspecified atom stereocenters. The van der Waals surface area contributed by atoms with E-state index in [0.29, 0.717) is 24.1 Å². The van der Waals surface area contributed by atoms with E-state index in [9.17, 15) is 13.9 Å². The predicted octanol–water partition coefficient (Wildman–Crippen LogP) is 7.22. The van der Waals surface area contributed by atoms with E-state index in [0.717, 1.165) is 18.5 Å². The zero-order valence-electron chi connectivity index (χ0n) is 18.6. The van der Waals surface area contributed by atoms with Crippen LogP contribution in [0.1, 0.15) is 58.4 Å². The molecule has 0 radical (unpaired) electrons. The molecule has 1 aromatic rings. The highest BCUT2D eigenvalue weighted by Crippen LogP contribution is 2.30. The van der Waals surface area contributed by atoms with Crippen molar-refractivity contribution < 1.29 is 13.9 Å². The summed E-state index contributed by atoms with van der Waals surface area (Å²) in [4.78, 5) is 0. The Kier molecular flexibility index (Phi) is 18.8. The Morgan fingerprint density at radius 2 is 1.86 bits per heavy atom. The minimum atomic E-state index is -0.800. The number of hydrogen-bond acceptors (Lipinski definition) is 3. The summed E-state index contributed by atoms with van der Waals surface area (Å²) in [5.74, 6) is -0.690. The second-order valence-electron chi connectivity index (χ2n) is 6.60. The van der Waals surface area contributed by atoms with Crippen molar-refractivity contribution in [2.75, 3.05) is 12.8 Å². The van der Waals surface area contributed by atoms with Crippen LogP contribution in [0.4, 0.5) is 8.78 Å². The summed E-state index contributed by atoms with van der Waals surface area (Å²) < 4.78 is 26.3. The van der Waals surface area contributed by atoms with Gasteiger partial charge in [0.15, 0.2) is 11.6 Å². The van der Waals surface area contributed by atoms with Crippen molar-refractivity contribution in [1.29, 1.82) is 0 Å². The third-order valence-electron chi connectivity index (χ3n) is 4.31. The van der Waals surface area contributed by atoms with E-state index in [-0.39, 0.29) is 5.92 Å². The standard InChI is InChI=1S/C18H23F2NO.C3H8.C2H4.CH4S/c1-3-15(22)6-4-5-12(2)18-10-14(11-21-18)13-7-8-16(19)17(20)9-13;1-3-2;2*1-2/h3-5,7-9,12,14,18,21-22H,6,10-11H2,1-2H3;3H2,1-2H3;1-2H2;2H,1H3/b5-4-,15-3+;;;. The fourth-order valence-corrected chi connectivity index (χ4v) is 2.84. The number of rotatable bonds is 5. The number of halogens is 2. The Hall–Kier alpha value is -1.59. The first kappa shape index (κ1) is 29.6. The summed E-state index contributed by atoms with van der Waals surface area (Å²) in [5, 5.41) is 12.8. The lowest BCUT2D eigenvalue weighted by molar-refractivity contribution is 0.399. The van der Waals surface area contributed by atoms with Crippen molar-refractivity contribution in [3.63, 3.8) is 0 Å². The van der Waals surface area contributed by atoms with Crippen LogP contribution < -0.4 is 5.32 Å². The molecule has 1 aliphatic rings. The van der Waals surface area contributed by atoms with Crippen LogP contribution in [-0.4, -0.2) is 23.9 Å². The number of aliphatic hydroxyl groups is 1. The second kappa shape index (κ2) is 18.4. The number of thiol groups is 1. The Morgan fingerprint density at radius 3 is 2.38 bits per heavy atom. The minimum Gasteiger partial charge on any atom is -0.512 e. The van der Waals surface area contributed by atoms with Gasteiger partial charge in [0.05, 0.1) is 5.76 Å². The third-order valence-corrected chi connectivity index (χ3v) is 4.31. The van der Waals surface area contributed by atoms with Crippen LogP contribution in [0, 0.1) is 17.6 Å². The van der Waals surface area contributed by atoms with Crippen molar-refractivity contribution in [3.05, 3.63) is 72.5 Å². The lowest BCUT2D eigenvalue weighted by Gasteiger charge is -2.16. The van der Waals surface area contributed by atoms with Gasteiger partial charge in [0.25, 0.3) is 0 Å². The minimum absolute atomic E-state index is 0.208. The molecule has 1 saturated heterocycles. The van der Waals surface area contributed by atoms with Gasteiger partial charge in [0, 0.05) is 19.0 Å². The van der Waals surface area contributed by atoms with E-state index in [1.165, 1.54) is 18.6 Å². The average molecular weight is 428 g/mol. The molecule has 0 aromatic heterocycles. The van der Waals surface area contributed by atoms with Gasteiger partial charge in [0.2, 0.25) is 0 Å². The molecule has 1 heterocycles. The van der Waals surface area contributed by atoms with Gasteiger partial charge in [-0.1, -0.05) is 45.4 Å². The highest BCUT2D eigenvalue weighted by molar-refractivity contribution is 7.79. The van der Waals surface area contributed by atoms with Gasteiger partial charge in [-0.25, -0.2) is 8.78 Å². The molecule has 5 heteroatoms. The van der Waals surface area contributed by atoms with Crippen LogP contribution in [0.25, 0.3) is 0 Å². The molecule has 2 N–H and O–H groups in total. The molecule has 1 aromatic carbocycles. The Labute approximate surface area is 182 Å². The number of nitrogens with one attached hydrogen (secondary N) is 1. The molecule has 29 heavy (non-hydrogen) atoms. The molecule has 0 bridgehead atoms. The van der Waals surface area contributed by atoms with E-state index >= 15 is 0 Å². The first-order valence-electron chi connectivity index (χ1n) is 10.1. The number of allylic oxidation sites excluding steroid dienone is 2. The Morgan fingerprint density at radius 1 is 1.28 bits per heavy atom. The molecule has 166 valence electrons. The Balaban J connectivity index is 0. The van der Waals surface area contributed by atoms with E-state index in [2.05, 4.69) is 58.0 Å². The van der Waals surface area contributed by atoms with Gasteiger partial charge in [-0.15, -0.1) is 13.2 Å². The largest absolute Gasteiger partial charge is 0.512 e. The first-order chi connectivity index (χ1) is 13.9. The molecule has 2 rings (SSSR count). The molecule has 0 aliphatic carbocycles. The smallest absolute Gasteiger partial charge is 0.159 e. The zero-order chi connectivity index (χ0) is 22.8. The van der Waals surface area contributed by atoms with E-state index in [4.69, 9.17) is 0 Å². The summed E-state index contributed by atoms with van der Waals surface area (Å²) >= 11 is 3.53. The summed E-state index contributed by atoms with van der Waals surface area (Å²) in [6.07, 6.45) is 10.1. The Bertz CT molecular complexity index is 605. The molecule has 3 atom stereocenters. The summed E-state index contributed by atoms with van der Waals surface area (Å²) in [6.45, 7) is 14.9. The van der Waals surface area contributed by atoms with Gasteiger partial charge in [-0.3, -0.25) is 0 Å². The SMILES string of the molecule is C/C=C(/O)C/C=C\C(C)C1CC(c2ccc(F)c(F)c2)CN1.C=C.CCC.CS. The van der Waals surface area contributed by atoms with Crippen LogP contribution in [0.3, 0.4) is 0 Å². The topological polar surface area (TPSA) is 32.3 Å². The lowest BCUT2D eigenvalue weighted by atomic mass is 9.91. The molecule has 0 saturated carbocycles.